The Bertz CT molecular complexity index is 1180. The van der Waals surface area contributed by atoms with Crippen LogP contribution in [-0.2, 0) is 10.2 Å². The molecule has 0 aliphatic carbocycles. The van der Waals surface area contributed by atoms with E-state index in [2.05, 4.69) is 15.9 Å². The third-order valence-electron chi connectivity index (χ3n) is 9.65. The highest BCUT2D eigenvalue weighted by Gasteiger charge is 2.45. The van der Waals surface area contributed by atoms with Crippen LogP contribution in [0.25, 0.3) is 0 Å². The van der Waals surface area contributed by atoms with E-state index in [9.17, 15) is 9.59 Å². The van der Waals surface area contributed by atoms with Crippen LogP contribution in [0.1, 0.15) is 73.7 Å². The Labute approximate surface area is 248 Å². The maximum atomic E-state index is 13.4. The summed E-state index contributed by atoms with van der Waals surface area (Å²) >= 11 is 12.8. The lowest BCUT2D eigenvalue weighted by molar-refractivity contribution is -0.135. The van der Waals surface area contributed by atoms with Crippen LogP contribution in [0.4, 0.5) is 0 Å². The van der Waals surface area contributed by atoms with Crippen LogP contribution in [0, 0.1) is 0 Å². The van der Waals surface area contributed by atoms with E-state index in [1.165, 1.54) is 6.42 Å². The number of halogens is 2. The number of nitrogens with zero attached hydrogens (tertiary/aromatic N) is 3. The molecule has 3 saturated heterocycles. The van der Waals surface area contributed by atoms with Gasteiger partial charge in [-0.1, -0.05) is 53.9 Å². The first-order valence-corrected chi connectivity index (χ1v) is 15.7. The van der Waals surface area contributed by atoms with Crippen LogP contribution in [-0.4, -0.2) is 77.9 Å². The molecule has 5 rings (SSSR count). The molecule has 6 nitrogen and oxygen atoms in total. The van der Waals surface area contributed by atoms with Crippen molar-refractivity contribution in [2.24, 2.45) is 5.73 Å². The second kappa shape index (κ2) is 12.8. The number of carbonyl (C=O) groups excluding carboxylic acids is 2. The van der Waals surface area contributed by atoms with Crippen molar-refractivity contribution in [2.45, 2.75) is 68.7 Å². The molecule has 2 N–H and O–H groups in total. The summed E-state index contributed by atoms with van der Waals surface area (Å²) in [6.45, 7) is 6.12. The first-order valence-electron chi connectivity index (χ1n) is 14.9. The van der Waals surface area contributed by atoms with Crippen LogP contribution < -0.4 is 5.73 Å². The average Bonchev–Trinajstić information content (AvgIpc) is 2.99. The van der Waals surface area contributed by atoms with Gasteiger partial charge in [-0.2, -0.15) is 0 Å². The number of piperidine rings is 3. The molecule has 2 amide bonds. The zero-order valence-corrected chi connectivity index (χ0v) is 24.9. The minimum Gasteiger partial charge on any atom is -0.368 e. The molecule has 1 atom stereocenters. The van der Waals surface area contributed by atoms with Gasteiger partial charge in [-0.05, 0) is 101 Å². The summed E-state index contributed by atoms with van der Waals surface area (Å²) in [5, 5.41) is 1.11. The van der Waals surface area contributed by atoms with Crippen molar-refractivity contribution >= 4 is 35.0 Å². The van der Waals surface area contributed by atoms with Crippen LogP contribution >= 0.6 is 23.2 Å². The molecule has 1 unspecified atom stereocenters. The lowest BCUT2D eigenvalue weighted by atomic mass is 9.70. The highest BCUT2D eigenvalue weighted by atomic mass is 35.5. The van der Waals surface area contributed by atoms with Gasteiger partial charge < -0.3 is 15.5 Å². The Kier molecular flexibility index (Phi) is 9.41. The van der Waals surface area contributed by atoms with E-state index in [-0.39, 0.29) is 17.2 Å². The number of carbonyl (C=O) groups is 2. The van der Waals surface area contributed by atoms with Gasteiger partial charge >= 0.3 is 0 Å². The fraction of sp³-hybridized carbons (Fsp3) is 0.562. The van der Waals surface area contributed by atoms with Gasteiger partial charge in [-0.25, -0.2) is 0 Å². The number of amides is 2. The van der Waals surface area contributed by atoms with E-state index in [0.29, 0.717) is 16.6 Å². The van der Waals surface area contributed by atoms with E-state index in [0.717, 1.165) is 102 Å². The summed E-state index contributed by atoms with van der Waals surface area (Å²) in [5.74, 6) is -0.0701. The van der Waals surface area contributed by atoms with E-state index in [1.54, 1.807) is 0 Å². The third kappa shape index (κ3) is 6.20. The molecule has 0 radical (unpaired) electrons. The first kappa shape index (κ1) is 29.4. The summed E-state index contributed by atoms with van der Waals surface area (Å²) in [6.07, 6.45) is 9.06. The molecule has 3 aliphatic heterocycles. The molecule has 3 heterocycles. The second-order valence-electron chi connectivity index (χ2n) is 12.0. The average molecular weight is 586 g/mol. The molecule has 3 aliphatic rings. The molecule has 2 aromatic carbocycles. The maximum absolute atomic E-state index is 13.4. The summed E-state index contributed by atoms with van der Waals surface area (Å²) in [7, 11) is 0. The third-order valence-corrected chi connectivity index (χ3v) is 10.4. The topological polar surface area (TPSA) is 69.9 Å². The zero-order valence-electron chi connectivity index (χ0n) is 23.4. The van der Waals surface area contributed by atoms with Crippen molar-refractivity contribution in [3.8, 4) is 0 Å². The lowest BCUT2D eigenvalue weighted by Crippen LogP contribution is -2.63. The minimum absolute atomic E-state index is 0.0845. The van der Waals surface area contributed by atoms with Crippen molar-refractivity contribution in [2.75, 3.05) is 45.8 Å². The predicted octanol–water partition coefficient (Wildman–Crippen LogP) is 5.75. The Morgan fingerprint density at radius 2 is 1.55 bits per heavy atom. The van der Waals surface area contributed by atoms with Crippen molar-refractivity contribution in [3.05, 3.63) is 69.7 Å². The molecule has 40 heavy (non-hydrogen) atoms. The molecule has 0 saturated carbocycles. The van der Waals surface area contributed by atoms with Gasteiger partial charge in [0.25, 0.3) is 5.91 Å². The van der Waals surface area contributed by atoms with E-state index >= 15 is 0 Å². The van der Waals surface area contributed by atoms with Gasteiger partial charge in [0, 0.05) is 37.2 Å². The number of hydrogen-bond acceptors (Lipinski definition) is 4. The van der Waals surface area contributed by atoms with E-state index < -0.39 is 5.54 Å². The summed E-state index contributed by atoms with van der Waals surface area (Å²) < 4.78 is 0. The smallest absolute Gasteiger partial charge is 0.253 e. The molecule has 3 fully saturated rings. The molecule has 2 aromatic rings. The number of hydrogen-bond donors (Lipinski definition) is 1. The first-order chi connectivity index (χ1) is 19.3. The van der Waals surface area contributed by atoms with Crippen LogP contribution in [0.5, 0.6) is 0 Å². The van der Waals surface area contributed by atoms with Gasteiger partial charge in [-0.15, -0.1) is 0 Å². The summed E-state index contributed by atoms with van der Waals surface area (Å²) in [5.41, 5.74) is 7.22. The van der Waals surface area contributed by atoms with E-state index in [1.807, 2.05) is 47.4 Å². The van der Waals surface area contributed by atoms with Crippen LogP contribution in [0.3, 0.4) is 0 Å². The molecular weight excluding hydrogens is 543 g/mol. The highest BCUT2D eigenvalue weighted by Crippen LogP contribution is 2.41. The van der Waals surface area contributed by atoms with Crippen molar-refractivity contribution in [3.63, 3.8) is 0 Å². The highest BCUT2D eigenvalue weighted by molar-refractivity contribution is 6.42. The zero-order chi connectivity index (χ0) is 28.2. The minimum atomic E-state index is -0.486. The Hall–Kier alpha value is -2.12. The number of rotatable bonds is 8. The Morgan fingerprint density at radius 1 is 0.825 bits per heavy atom. The van der Waals surface area contributed by atoms with Gasteiger partial charge in [0.15, 0.2) is 0 Å². The van der Waals surface area contributed by atoms with Crippen LogP contribution in [0.15, 0.2) is 48.5 Å². The number of nitrogens with two attached hydrogens (primary N) is 1. The van der Waals surface area contributed by atoms with E-state index in [4.69, 9.17) is 28.9 Å². The Morgan fingerprint density at radius 3 is 2.23 bits per heavy atom. The van der Waals surface area contributed by atoms with Gasteiger partial charge in [0.2, 0.25) is 5.91 Å². The second-order valence-corrected chi connectivity index (χ2v) is 12.8. The largest absolute Gasteiger partial charge is 0.368 e. The molecule has 8 heteroatoms. The lowest BCUT2D eigenvalue weighted by Gasteiger charge is -2.48. The summed E-state index contributed by atoms with van der Waals surface area (Å²) in [4.78, 5) is 33.0. The van der Waals surface area contributed by atoms with Crippen molar-refractivity contribution < 1.29 is 9.59 Å². The monoisotopic (exact) mass is 584 g/mol. The molecule has 216 valence electrons. The molecule has 0 aromatic heterocycles. The van der Waals surface area contributed by atoms with Gasteiger partial charge in [0.1, 0.15) is 5.54 Å². The fourth-order valence-corrected chi connectivity index (χ4v) is 7.60. The number of benzene rings is 2. The summed E-state index contributed by atoms with van der Waals surface area (Å²) in [6, 6.07) is 15.5. The van der Waals surface area contributed by atoms with Gasteiger partial charge in [0.05, 0.1) is 10.0 Å². The predicted molar refractivity (Wildman–Crippen MR) is 162 cm³/mol. The normalized spacial score (nSPS) is 24.1. The quantitative estimate of drug-likeness (QED) is 0.428. The Balaban J connectivity index is 1.27. The van der Waals surface area contributed by atoms with Gasteiger partial charge in [-0.3, -0.25) is 14.5 Å². The molecular formula is C32H42Cl2N4O2. The number of primary amides is 1. The number of likely N-dealkylation sites (tertiary alicyclic amines) is 3. The fourth-order valence-electron chi connectivity index (χ4n) is 7.31. The van der Waals surface area contributed by atoms with Crippen LogP contribution in [0.2, 0.25) is 10.0 Å². The van der Waals surface area contributed by atoms with Crippen molar-refractivity contribution in [1.82, 2.24) is 14.7 Å². The molecule has 0 bridgehead atoms. The SMILES string of the molecule is NC(=O)C1(N2CCCCC2)CCN(CCCC2(c3ccc(Cl)c(Cl)c3)CCCN(C(=O)c3ccccc3)C2)CC1. The standard InChI is InChI=1S/C32H42Cl2N4O2/c33-27-12-11-26(23-28(27)34)31(14-8-18-37(24-31)29(39)25-9-3-1-4-10-25)13-7-17-36-21-15-32(16-22-36,30(35)40)38-19-5-2-6-20-38/h1,3-4,9-12,23H,2,5-8,13-22,24H2,(H2,35,40). The maximum Gasteiger partial charge on any atom is 0.253 e. The van der Waals surface area contributed by atoms with Crippen molar-refractivity contribution in [1.29, 1.82) is 0 Å². The molecule has 0 spiro atoms.